The first kappa shape index (κ1) is 13.6. The van der Waals surface area contributed by atoms with Gasteiger partial charge in [0, 0.05) is 10.5 Å². The van der Waals surface area contributed by atoms with Gasteiger partial charge in [-0.1, -0.05) is 70.4 Å². The summed E-state index contributed by atoms with van der Waals surface area (Å²) in [7, 11) is 0. The molecule has 0 aromatic carbocycles. The molecule has 2 nitrogen and oxygen atoms in total. The van der Waals surface area contributed by atoms with Gasteiger partial charge in [-0.25, -0.2) is 0 Å². The minimum absolute atomic E-state index is 0.0632. The molecule has 0 saturated carbocycles. The zero-order valence-corrected chi connectivity index (χ0v) is 14.4. The topological polar surface area (TPSA) is 26.3 Å². The number of hydrogen-bond acceptors (Lipinski definition) is 2. The number of hydrogen-bond donors (Lipinski definition) is 0. The smallest absolute Gasteiger partial charge is 0.305 e. The summed E-state index contributed by atoms with van der Waals surface area (Å²) in [5.41, 5.74) is 0. The summed E-state index contributed by atoms with van der Waals surface area (Å²) in [6.07, 6.45) is 19.6. The van der Waals surface area contributed by atoms with Crippen molar-refractivity contribution in [2.24, 2.45) is 0 Å². The normalized spacial score (nSPS) is 15.8. The van der Waals surface area contributed by atoms with Gasteiger partial charge in [0.25, 0.3) is 0 Å². The fourth-order valence-electron chi connectivity index (χ4n) is 2.45. The molecule has 0 aliphatic heterocycles. The largest absolute Gasteiger partial charge is 0.466 e. The van der Waals surface area contributed by atoms with Crippen LogP contribution in [0.15, 0.2) is 12.2 Å². The van der Waals surface area contributed by atoms with Gasteiger partial charge in [-0.2, -0.15) is 0 Å². The number of carbonyl (C=O) groups excluding carboxylic acids is 1. The zero-order chi connectivity index (χ0) is 20.6. The monoisotopic (exact) mass is 315 g/mol. The second kappa shape index (κ2) is 18.3. The predicted molar refractivity (Wildman–Crippen MR) is 96.1 cm³/mol. The summed E-state index contributed by atoms with van der Waals surface area (Å²) in [6, 6.07) is 0. The van der Waals surface area contributed by atoms with Crippen molar-refractivity contribution in [1.29, 1.82) is 0 Å². The van der Waals surface area contributed by atoms with Crippen LogP contribution in [0.5, 0.6) is 0 Å². The third-order valence-corrected chi connectivity index (χ3v) is 3.81. The van der Waals surface area contributed by atoms with Gasteiger partial charge in [-0.3, -0.25) is 4.79 Å². The Labute approximate surface area is 145 Å². The Hall–Kier alpha value is -0.790. The fourth-order valence-corrected chi connectivity index (χ4v) is 2.45. The zero-order valence-electron chi connectivity index (χ0n) is 19.4. The Morgan fingerprint density at radius 3 is 2.05 bits per heavy atom. The van der Waals surface area contributed by atoms with Crippen molar-refractivity contribution in [1.82, 2.24) is 0 Å². The van der Waals surface area contributed by atoms with Gasteiger partial charge in [0.1, 0.15) is 0 Å². The lowest BCUT2D eigenvalue weighted by Crippen LogP contribution is -2.03. The number of ether oxygens (including phenoxy) is 1. The molecular formula is C20H38O2. The van der Waals surface area contributed by atoms with E-state index in [4.69, 9.17) is 6.85 Å². The van der Waals surface area contributed by atoms with E-state index in [9.17, 15) is 4.79 Å². The molecule has 130 valence electrons. The second-order valence-corrected chi connectivity index (χ2v) is 5.91. The van der Waals surface area contributed by atoms with Crippen LogP contribution in [0.1, 0.15) is 111 Å². The Morgan fingerprint density at radius 1 is 0.909 bits per heavy atom. The summed E-state index contributed by atoms with van der Waals surface area (Å²) >= 11 is 0. The van der Waals surface area contributed by atoms with Gasteiger partial charge in [0.05, 0.1) is 9.30 Å². The van der Waals surface area contributed by atoms with Crippen LogP contribution in [0.4, 0.5) is 0 Å². The molecule has 0 aliphatic carbocycles. The summed E-state index contributed by atoms with van der Waals surface area (Å²) in [4.78, 5) is 11.5. The maximum atomic E-state index is 11.5. The van der Waals surface area contributed by atoms with Crippen LogP contribution in [-0.2, 0) is 9.53 Å². The van der Waals surface area contributed by atoms with E-state index in [2.05, 4.69) is 23.8 Å². The molecule has 0 aliphatic rings. The van der Waals surface area contributed by atoms with Crippen LogP contribution in [0.2, 0.25) is 0 Å². The van der Waals surface area contributed by atoms with Crippen LogP contribution < -0.4 is 0 Å². The summed E-state index contributed by atoms with van der Waals surface area (Å²) in [6.45, 7) is -3.63. The van der Waals surface area contributed by atoms with E-state index in [1.165, 1.54) is 44.9 Å². The van der Waals surface area contributed by atoms with E-state index < -0.39 is 19.4 Å². The fraction of sp³-hybridized carbons (Fsp3) is 0.850. The Kier molecular flexibility index (Phi) is 11.3. The molecule has 0 atom stereocenters. The lowest BCUT2D eigenvalue weighted by Gasteiger charge is -2.01. The molecule has 2 heteroatoms. The first-order chi connectivity index (χ1) is 12.7. The maximum Gasteiger partial charge on any atom is 0.305 e. The second-order valence-electron chi connectivity index (χ2n) is 5.91. The van der Waals surface area contributed by atoms with E-state index in [1.807, 2.05) is 0 Å². The molecule has 0 spiro atoms. The number of rotatable bonds is 16. The highest BCUT2D eigenvalue weighted by atomic mass is 16.5. The highest BCUT2D eigenvalue weighted by Gasteiger charge is 2.00. The van der Waals surface area contributed by atoms with Crippen molar-refractivity contribution >= 4 is 5.97 Å². The molecule has 0 saturated heterocycles. The molecule has 0 unspecified atom stereocenters. The highest BCUT2D eigenvalue weighted by molar-refractivity contribution is 5.69. The first-order valence-corrected chi connectivity index (χ1v) is 9.07. The number of unbranched alkanes of at least 4 members (excludes halogenated alkanes) is 11. The van der Waals surface area contributed by atoms with Crippen LogP contribution in [0.3, 0.4) is 0 Å². The lowest BCUT2D eigenvalue weighted by molar-refractivity contribution is -0.143. The minimum atomic E-state index is -2.95. The van der Waals surface area contributed by atoms with E-state index in [1.54, 1.807) is 0 Å². The average molecular weight is 316 g/mol. The Morgan fingerprint density at radius 2 is 1.45 bits per heavy atom. The number of carbonyl (C=O) groups is 1. The molecule has 0 aromatic rings. The summed E-state index contributed by atoms with van der Waals surface area (Å²) in [5.74, 6) is -0.784. The van der Waals surface area contributed by atoms with E-state index in [0.29, 0.717) is 6.42 Å². The molecule has 0 bridgehead atoms. The molecule has 0 N–H and O–H groups in total. The van der Waals surface area contributed by atoms with Gasteiger partial charge in [0.2, 0.25) is 0 Å². The maximum absolute atomic E-state index is 11.5. The standard InChI is InChI=1S/C20H38O2/c1-3-5-6-7-8-9-10-11-12-13-14-15-16-17-18-19-20(21)22-4-2/h11-12H,3-10,13-19H2,1-2H3/b12-11+/i2D3,4D2. The van der Waals surface area contributed by atoms with Crippen molar-refractivity contribution in [3.8, 4) is 0 Å². The van der Waals surface area contributed by atoms with Crippen LogP contribution in [0.25, 0.3) is 0 Å². The third-order valence-electron chi connectivity index (χ3n) is 3.81. The molecular weight excluding hydrogens is 272 g/mol. The third kappa shape index (κ3) is 17.3. The molecule has 0 aromatic heterocycles. The number of esters is 1. The van der Waals surface area contributed by atoms with Crippen molar-refractivity contribution in [3.63, 3.8) is 0 Å². The van der Waals surface area contributed by atoms with Crippen LogP contribution in [0, 0.1) is 0 Å². The van der Waals surface area contributed by atoms with Crippen molar-refractivity contribution in [2.75, 3.05) is 6.56 Å². The molecule has 22 heavy (non-hydrogen) atoms. The Bertz CT molecular complexity index is 406. The van der Waals surface area contributed by atoms with Crippen LogP contribution >= 0.6 is 0 Å². The molecule has 0 amide bonds. The van der Waals surface area contributed by atoms with Crippen LogP contribution in [-0.4, -0.2) is 12.5 Å². The molecule has 0 rings (SSSR count). The van der Waals surface area contributed by atoms with Gasteiger partial charge in [-0.15, -0.1) is 0 Å². The number of allylic oxidation sites excluding steroid dienone is 2. The van der Waals surface area contributed by atoms with Gasteiger partial charge < -0.3 is 4.74 Å². The first-order valence-electron chi connectivity index (χ1n) is 11.6. The van der Waals surface area contributed by atoms with Gasteiger partial charge in [0.15, 0.2) is 0 Å². The van der Waals surface area contributed by atoms with E-state index >= 15 is 0 Å². The molecule has 0 radical (unpaired) electrons. The van der Waals surface area contributed by atoms with Crippen molar-refractivity contribution < 1.29 is 16.4 Å². The van der Waals surface area contributed by atoms with E-state index in [0.717, 1.165) is 32.1 Å². The highest BCUT2D eigenvalue weighted by Crippen LogP contribution is 2.10. The van der Waals surface area contributed by atoms with Gasteiger partial charge in [-0.05, 0) is 39.0 Å². The quantitative estimate of drug-likeness (QED) is 0.182. The summed E-state index contributed by atoms with van der Waals surface area (Å²) in [5, 5.41) is 0. The molecule has 0 fully saturated rings. The summed E-state index contributed by atoms with van der Waals surface area (Å²) < 4.78 is 39.9. The average Bonchev–Trinajstić information content (AvgIpc) is 2.57. The van der Waals surface area contributed by atoms with Gasteiger partial charge >= 0.3 is 5.97 Å². The Balaban J connectivity index is 3.47. The molecule has 0 heterocycles. The van der Waals surface area contributed by atoms with E-state index in [-0.39, 0.29) is 6.42 Å². The lowest BCUT2D eigenvalue weighted by atomic mass is 10.1. The minimum Gasteiger partial charge on any atom is -0.466 e. The van der Waals surface area contributed by atoms with Crippen molar-refractivity contribution in [2.45, 2.75) is 104 Å². The SMILES string of the molecule is [2H]C([2H])([2H])C([2H])([2H])OC(=O)CCCCCCC/C=C/CCCCCCCC. The van der Waals surface area contributed by atoms with Crippen molar-refractivity contribution in [3.05, 3.63) is 12.2 Å². The predicted octanol–water partition coefficient (Wildman–Crippen LogP) is 6.59.